The van der Waals surface area contributed by atoms with Crippen molar-refractivity contribution < 1.29 is 9.59 Å². The normalized spacial score (nSPS) is 20.1. The van der Waals surface area contributed by atoms with E-state index >= 15 is 0 Å². The number of aryl methyl sites for hydroxylation is 1. The van der Waals surface area contributed by atoms with Crippen molar-refractivity contribution in [2.75, 3.05) is 6.54 Å². The number of amides is 2. The summed E-state index contributed by atoms with van der Waals surface area (Å²) in [5.41, 5.74) is 0. The summed E-state index contributed by atoms with van der Waals surface area (Å²) in [6.07, 6.45) is 4.48. The third-order valence-corrected chi connectivity index (χ3v) is 2.40. The molecule has 1 aliphatic heterocycles. The molecule has 1 aromatic heterocycles. The van der Waals surface area contributed by atoms with Crippen LogP contribution in [0.15, 0.2) is 12.4 Å². The maximum atomic E-state index is 11.2. The Bertz CT molecular complexity index is 375. The highest BCUT2D eigenvalue weighted by atomic mass is 16.2. The molecular formula is C9H13N5O2. The van der Waals surface area contributed by atoms with Gasteiger partial charge in [0.1, 0.15) is 0 Å². The second-order valence-electron chi connectivity index (χ2n) is 3.64. The standard InChI is InChI=1S/C9H13N5O2/c15-8-6-7(9(16)12-8)10-2-1-4-14-5-3-11-13-14/h3,5,7,10H,1-2,4,6H2,(H,12,15,16). The first-order valence-electron chi connectivity index (χ1n) is 5.17. The molecule has 2 amide bonds. The Morgan fingerprint density at radius 2 is 2.44 bits per heavy atom. The molecule has 0 aliphatic carbocycles. The molecule has 2 heterocycles. The van der Waals surface area contributed by atoms with E-state index in [2.05, 4.69) is 20.9 Å². The molecule has 1 aromatic rings. The van der Waals surface area contributed by atoms with Gasteiger partial charge in [-0.3, -0.25) is 19.6 Å². The van der Waals surface area contributed by atoms with Crippen LogP contribution < -0.4 is 10.6 Å². The molecular weight excluding hydrogens is 210 g/mol. The maximum Gasteiger partial charge on any atom is 0.244 e. The number of aromatic nitrogens is 3. The van der Waals surface area contributed by atoms with E-state index in [9.17, 15) is 9.59 Å². The molecule has 7 nitrogen and oxygen atoms in total. The van der Waals surface area contributed by atoms with Gasteiger partial charge in [-0.05, 0) is 13.0 Å². The van der Waals surface area contributed by atoms with Crippen molar-refractivity contribution in [1.82, 2.24) is 25.6 Å². The maximum absolute atomic E-state index is 11.2. The van der Waals surface area contributed by atoms with Crippen molar-refractivity contribution in [2.24, 2.45) is 0 Å². The number of rotatable bonds is 5. The monoisotopic (exact) mass is 223 g/mol. The zero-order valence-electron chi connectivity index (χ0n) is 8.72. The highest BCUT2D eigenvalue weighted by Crippen LogP contribution is 2.00. The first-order chi connectivity index (χ1) is 7.75. The molecule has 2 N–H and O–H groups in total. The molecule has 1 fully saturated rings. The fraction of sp³-hybridized carbons (Fsp3) is 0.556. The van der Waals surface area contributed by atoms with Crippen molar-refractivity contribution in [3.63, 3.8) is 0 Å². The van der Waals surface area contributed by atoms with E-state index in [1.165, 1.54) is 0 Å². The first-order valence-corrected chi connectivity index (χ1v) is 5.17. The third-order valence-electron chi connectivity index (χ3n) is 2.40. The van der Waals surface area contributed by atoms with E-state index in [1.807, 2.05) is 0 Å². The topological polar surface area (TPSA) is 88.9 Å². The Kier molecular flexibility index (Phi) is 3.25. The van der Waals surface area contributed by atoms with E-state index in [0.29, 0.717) is 6.54 Å². The molecule has 0 bridgehead atoms. The van der Waals surface area contributed by atoms with Gasteiger partial charge >= 0.3 is 0 Å². The molecule has 0 saturated carbocycles. The van der Waals surface area contributed by atoms with Crippen molar-refractivity contribution in [2.45, 2.75) is 25.4 Å². The summed E-state index contributed by atoms with van der Waals surface area (Å²) in [7, 11) is 0. The van der Waals surface area contributed by atoms with E-state index in [4.69, 9.17) is 0 Å². The number of imide groups is 1. The van der Waals surface area contributed by atoms with Crippen LogP contribution in [0.25, 0.3) is 0 Å². The number of carbonyl (C=O) groups excluding carboxylic acids is 2. The van der Waals surface area contributed by atoms with E-state index in [-0.39, 0.29) is 24.3 Å². The molecule has 0 spiro atoms. The average molecular weight is 223 g/mol. The largest absolute Gasteiger partial charge is 0.305 e. The smallest absolute Gasteiger partial charge is 0.244 e. The van der Waals surface area contributed by atoms with Gasteiger partial charge in [0.2, 0.25) is 11.8 Å². The highest BCUT2D eigenvalue weighted by molar-refractivity contribution is 6.05. The second-order valence-corrected chi connectivity index (χ2v) is 3.64. The van der Waals surface area contributed by atoms with Crippen LogP contribution in [0.5, 0.6) is 0 Å². The zero-order valence-corrected chi connectivity index (χ0v) is 8.72. The Morgan fingerprint density at radius 3 is 3.06 bits per heavy atom. The lowest BCUT2D eigenvalue weighted by molar-refractivity contribution is -0.125. The Labute approximate surface area is 92.2 Å². The van der Waals surface area contributed by atoms with Gasteiger partial charge in [-0.2, -0.15) is 0 Å². The number of hydrogen-bond acceptors (Lipinski definition) is 5. The number of carbonyl (C=O) groups is 2. The van der Waals surface area contributed by atoms with E-state index < -0.39 is 0 Å². The predicted octanol–water partition coefficient (Wildman–Crippen LogP) is -1.33. The minimum absolute atomic E-state index is 0.209. The molecule has 2 rings (SSSR count). The molecule has 7 heteroatoms. The number of hydrogen-bond donors (Lipinski definition) is 2. The van der Waals surface area contributed by atoms with Crippen LogP contribution >= 0.6 is 0 Å². The summed E-state index contributed by atoms with van der Waals surface area (Å²) >= 11 is 0. The average Bonchev–Trinajstić information content (AvgIpc) is 2.84. The van der Waals surface area contributed by atoms with Crippen LogP contribution in [0, 0.1) is 0 Å². The third kappa shape index (κ3) is 2.63. The van der Waals surface area contributed by atoms with Crippen LogP contribution in [-0.2, 0) is 16.1 Å². The fourth-order valence-electron chi connectivity index (χ4n) is 1.59. The van der Waals surface area contributed by atoms with Gasteiger partial charge in [0, 0.05) is 12.7 Å². The summed E-state index contributed by atoms with van der Waals surface area (Å²) in [6, 6.07) is -0.372. The van der Waals surface area contributed by atoms with Gasteiger partial charge in [0.15, 0.2) is 0 Å². The summed E-state index contributed by atoms with van der Waals surface area (Å²) in [4.78, 5) is 22.1. The Balaban J connectivity index is 1.65. The van der Waals surface area contributed by atoms with Crippen LogP contribution in [0.3, 0.4) is 0 Å². The lowest BCUT2D eigenvalue weighted by Crippen LogP contribution is -2.37. The van der Waals surface area contributed by atoms with Gasteiger partial charge in [-0.1, -0.05) is 5.21 Å². The van der Waals surface area contributed by atoms with Crippen molar-refractivity contribution >= 4 is 11.8 Å². The Morgan fingerprint density at radius 1 is 1.56 bits per heavy atom. The molecule has 1 atom stereocenters. The summed E-state index contributed by atoms with van der Waals surface area (Å²) in [5.74, 6) is -0.440. The fourth-order valence-corrected chi connectivity index (χ4v) is 1.59. The number of nitrogens with zero attached hydrogens (tertiary/aromatic N) is 3. The van der Waals surface area contributed by atoms with Crippen LogP contribution in [0.1, 0.15) is 12.8 Å². The van der Waals surface area contributed by atoms with Gasteiger partial charge in [-0.25, -0.2) is 0 Å². The molecule has 16 heavy (non-hydrogen) atoms. The molecule has 86 valence electrons. The van der Waals surface area contributed by atoms with Crippen molar-refractivity contribution in [3.05, 3.63) is 12.4 Å². The lowest BCUT2D eigenvalue weighted by atomic mass is 10.2. The first kappa shape index (κ1) is 10.7. The van der Waals surface area contributed by atoms with E-state index in [0.717, 1.165) is 13.0 Å². The molecule has 1 aliphatic rings. The molecule has 1 unspecified atom stereocenters. The Hall–Kier alpha value is -1.76. The summed E-state index contributed by atoms with van der Waals surface area (Å²) < 4.78 is 1.72. The van der Waals surface area contributed by atoms with Crippen molar-refractivity contribution in [3.8, 4) is 0 Å². The minimum atomic E-state index is -0.372. The SMILES string of the molecule is O=C1CC(NCCCn2ccnn2)C(=O)N1. The van der Waals surface area contributed by atoms with Gasteiger partial charge < -0.3 is 5.32 Å². The highest BCUT2D eigenvalue weighted by Gasteiger charge is 2.29. The molecule has 0 radical (unpaired) electrons. The molecule has 0 aromatic carbocycles. The van der Waals surface area contributed by atoms with Gasteiger partial charge in [0.05, 0.1) is 18.7 Å². The summed E-state index contributed by atoms with van der Waals surface area (Å²) in [5, 5.41) is 12.8. The number of nitrogens with one attached hydrogen (secondary N) is 2. The second kappa shape index (κ2) is 4.84. The molecule has 1 saturated heterocycles. The van der Waals surface area contributed by atoms with Crippen LogP contribution in [0.4, 0.5) is 0 Å². The lowest BCUT2D eigenvalue weighted by Gasteiger charge is -2.08. The van der Waals surface area contributed by atoms with Gasteiger partial charge in [-0.15, -0.1) is 5.10 Å². The quantitative estimate of drug-likeness (QED) is 0.477. The predicted molar refractivity (Wildman–Crippen MR) is 54.2 cm³/mol. The van der Waals surface area contributed by atoms with Crippen molar-refractivity contribution in [1.29, 1.82) is 0 Å². The summed E-state index contributed by atoms with van der Waals surface area (Å²) in [6.45, 7) is 1.42. The van der Waals surface area contributed by atoms with Crippen LogP contribution in [0.2, 0.25) is 0 Å². The zero-order chi connectivity index (χ0) is 11.4. The van der Waals surface area contributed by atoms with Crippen LogP contribution in [-0.4, -0.2) is 39.4 Å². The minimum Gasteiger partial charge on any atom is -0.305 e. The van der Waals surface area contributed by atoms with E-state index in [1.54, 1.807) is 17.1 Å². The van der Waals surface area contributed by atoms with Gasteiger partial charge in [0.25, 0.3) is 0 Å².